The minimum atomic E-state index is 0.818. The fraction of sp³-hybridized carbons (Fsp3) is 0.533. The van der Waals surface area contributed by atoms with Gasteiger partial charge in [0, 0.05) is 19.0 Å². The van der Waals surface area contributed by atoms with E-state index in [1.165, 1.54) is 0 Å². The standard InChI is InChI=1S/C15H22BrN5/c1-5-7-12-18-13(17-8-6-2)9-14(19-12)21-11(4)15(16)10(3)20-21/h9H,5-8H2,1-4H3,(H,17,18,19). The highest BCUT2D eigenvalue weighted by atomic mass is 79.9. The van der Waals surface area contributed by atoms with E-state index >= 15 is 0 Å². The summed E-state index contributed by atoms with van der Waals surface area (Å²) in [4.78, 5) is 9.22. The van der Waals surface area contributed by atoms with Crippen molar-refractivity contribution in [1.82, 2.24) is 19.7 Å². The molecule has 1 N–H and O–H groups in total. The zero-order valence-electron chi connectivity index (χ0n) is 13.1. The second-order valence-corrected chi connectivity index (χ2v) is 5.89. The number of aryl methyl sites for hydroxylation is 2. The van der Waals surface area contributed by atoms with Gasteiger partial charge in [-0.05, 0) is 42.6 Å². The molecule has 0 aliphatic rings. The molecule has 114 valence electrons. The predicted octanol–water partition coefficient (Wildman–Crippen LogP) is 3.82. The van der Waals surface area contributed by atoms with Crippen molar-refractivity contribution in [3.8, 4) is 5.82 Å². The van der Waals surface area contributed by atoms with E-state index < -0.39 is 0 Å². The van der Waals surface area contributed by atoms with Crippen LogP contribution >= 0.6 is 15.9 Å². The lowest BCUT2D eigenvalue weighted by Crippen LogP contribution is -2.10. The van der Waals surface area contributed by atoms with Gasteiger partial charge in [0.25, 0.3) is 0 Å². The Morgan fingerprint density at radius 3 is 2.52 bits per heavy atom. The van der Waals surface area contributed by atoms with Gasteiger partial charge in [-0.2, -0.15) is 5.10 Å². The summed E-state index contributed by atoms with van der Waals surface area (Å²) in [6, 6.07) is 1.96. The summed E-state index contributed by atoms with van der Waals surface area (Å²) in [5.74, 6) is 2.55. The molecule has 0 unspecified atom stereocenters. The third-order valence-corrected chi connectivity index (χ3v) is 4.36. The fourth-order valence-electron chi connectivity index (χ4n) is 2.12. The van der Waals surface area contributed by atoms with Gasteiger partial charge in [-0.1, -0.05) is 13.8 Å². The van der Waals surface area contributed by atoms with Gasteiger partial charge in [-0.25, -0.2) is 14.6 Å². The normalized spacial score (nSPS) is 10.9. The molecule has 2 aromatic rings. The van der Waals surface area contributed by atoms with Crippen molar-refractivity contribution in [2.24, 2.45) is 0 Å². The Bertz CT molecular complexity index is 621. The van der Waals surface area contributed by atoms with E-state index in [1.54, 1.807) is 0 Å². The lowest BCUT2D eigenvalue weighted by Gasteiger charge is -2.10. The highest BCUT2D eigenvalue weighted by Gasteiger charge is 2.13. The maximum atomic E-state index is 4.65. The Morgan fingerprint density at radius 1 is 1.19 bits per heavy atom. The third kappa shape index (κ3) is 3.61. The zero-order chi connectivity index (χ0) is 15.4. The Morgan fingerprint density at radius 2 is 1.95 bits per heavy atom. The fourth-order valence-corrected chi connectivity index (χ4v) is 2.36. The molecule has 0 aliphatic heterocycles. The molecule has 0 radical (unpaired) electrons. The van der Waals surface area contributed by atoms with E-state index in [2.05, 4.69) is 50.2 Å². The first-order chi connectivity index (χ1) is 10.1. The van der Waals surface area contributed by atoms with Crippen LogP contribution in [0.1, 0.15) is 43.9 Å². The maximum Gasteiger partial charge on any atom is 0.159 e. The van der Waals surface area contributed by atoms with Crippen LogP contribution in [0.2, 0.25) is 0 Å². The van der Waals surface area contributed by atoms with Crippen LogP contribution in [0.4, 0.5) is 5.82 Å². The summed E-state index contributed by atoms with van der Waals surface area (Å²) < 4.78 is 2.90. The Balaban J connectivity index is 2.45. The van der Waals surface area contributed by atoms with Crippen LogP contribution in [0.5, 0.6) is 0 Å². The average molecular weight is 352 g/mol. The van der Waals surface area contributed by atoms with Crippen LogP contribution in [0.25, 0.3) is 5.82 Å². The van der Waals surface area contributed by atoms with Crippen LogP contribution in [0.15, 0.2) is 10.5 Å². The monoisotopic (exact) mass is 351 g/mol. The summed E-state index contributed by atoms with van der Waals surface area (Å²) in [7, 11) is 0. The molecule has 2 rings (SSSR count). The molecular formula is C15H22BrN5. The van der Waals surface area contributed by atoms with Crippen molar-refractivity contribution in [2.75, 3.05) is 11.9 Å². The minimum Gasteiger partial charge on any atom is -0.370 e. The number of rotatable bonds is 6. The van der Waals surface area contributed by atoms with Gasteiger partial charge in [0.15, 0.2) is 5.82 Å². The molecule has 0 atom stereocenters. The van der Waals surface area contributed by atoms with Gasteiger partial charge < -0.3 is 5.32 Å². The van der Waals surface area contributed by atoms with Crippen LogP contribution < -0.4 is 5.32 Å². The van der Waals surface area contributed by atoms with Crippen molar-refractivity contribution in [3.63, 3.8) is 0 Å². The van der Waals surface area contributed by atoms with Crippen molar-refractivity contribution >= 4 is 21.7 Å². The van der Waals surface area contributed by atoms with E-state index in [1.807, 2.05) is 24.6 Å². The lowest BCUT2D eigenvalue weighted by molar-refractivity contribution is 0.765. The first kappa shape index (κ1) is 15.9. The predicted molar refractivity (Wildman–Crippen MR) is 89.1 cm³/mol. The quantitative estimate of drug-likeness (QED) is 0.859. The second-order valence-electron chi connectivity index (χ2n) is 5.10. The molecule has 0 saturated heterocycles. The minimum absolute atomic E-state index is 0.818. The smallest absolute Gasteiger partial charge is 0.159 e. The molecule has 0 spiro atoms. The lowest BCUT2D eigenvalue weighted by atomic mass is 10.3. The molecule has 0 fully saturated rings. The van der Waals surface area contributed by atoms with Gasteiger partial charge in [-0.3, -0.25) is 0 Å². The van der Waals surface area contributed by atoms with Crippen molar-refractivity contribution in [3.05, 3.63) is 27.8 Å². The van der Waals surface area contributed by atoms with Gasteiger partial charge in [0.1, 0.15) is 11.6 Å². The van der Waals surface area contributed by atoms with Crippen molar-refractivity contribution in [1.29, 1.82) is 0 Å². The highest BCUT2D eigenvalue weighted by molar-refractivity contribution is 9.10. The molecule has 0 aromatic carbocycles. The average Bonchev–Trinajstić information content (AvgIpc) is 2.73. The van der Waals surface area contributed by atoms with E-state index in [4.69, 9.17) is 0 Å². The number of anilines is 1. The SMILES string of the molecule is CCCNc1cc(-n2nc(C)c(Br)c2C)nc(CCC)n1. The molecular weight excluding hydrogens is 330 g/mol. The molecule has 6 heteroatoms. The molecule has 0 amide bonds. The third-order valence-electron chi connectivity index (χ3n) is 3.21. The number of nitrogens with zero attached hydrogens (tertiary/aromatic N) is 4. The summed E-state index contributed by atoms with van der Waals surface area (Å²) in [6.07, 6.45) is 2.96. The number of hydrogen-bond acceptors (Lipinski definition) is 4. The Labute approximate surface area is 134 Å². The zero-order valence-corrected chi connectivity index (χ0v) is 14.7. The summed E-state index contributed by atoms with van der Waals surface area (Å²) in [5.41, 5.74) is 2.02. The maximum absolute atomic E-state index is 4.65. The van der Waals surface area contributed by atoms with Gasteiger partial charge in [0.05, 0.1) is 15.9 Å². The topological polar surface area (TPSA) is 55.6 Å². The summed E-state index contributed by atoms with van der Waals surface area (Å²) in [6.45, 7) is 9.20. The van der Waals surface area contributed by atoms with Gasteiger partial charge >= 0.3 is 0 Å². The molecule has 0 saturated carbocycles. The van der Waals surface area contributed by atoms with Crippen molar-refractivity contribution in [2.45, 2.75) is 47.0 Å². The molecule has 5 nitrogen and oxygen atoms in total. The first-order valence-corrected chi connectivity index (χ1v) is 8.20. The number of halogens is 1. The molecule has 0 aliphatic carbocycles. The Hall–Kier alpha value is -1.43. The van der Waals surface area contributed by atoms with Crippen LogP contribution in [-0.2, 0) is 6.42 Å². The summed E-state index contributed by atoms with van der Waals surface area (Å²) >= 11 is 3.56. The summed E-state index contributed by atoms with van der Waals surface area (Å²) in [5, 5.41) is 7.89. The van der Waals surface area contributed by atoms with Crippen LogP contribution in [0, 0.1) is 13.8 Å². The van der Waals surface area contributed by atoms with Crippen LogP contribution in [-0.4, -0.2) is 26.3 Å². The molecule has 21 heavy (non-hydrogen) atoms. The highest BCUT2D eigenvalue weighted by Crippen LogP contribution is 2.23. The van der Waals surface area contributed by atoms with Gasteiger partial charge in [-0.15, -0.1) is 0 Å². The Kier molecular flexibility index (Phi) is 5.33. The molecule has 2 aromatic heterocycles. The second kappa shape index (κ2) is 7.02. The van der Waals surface area contributed by atoms with E-state index in [0.29, 0.717) is 0 Å². The van der Waals surface area contributed by atoms with E-state index in [-0.39, 0.29) is 0 Å². The van der Waals surface area contributed by atoms with E-state index in [0.717, 1.165) is 59.1 Å². The van der Waals surface area contributed by atoms with Crippen LogP contribution in [0.3, 0.4) is 0 Å². The van der Waals surface area contributed by atoms with E-state index in [9.17, 15) is 0 Å². The molecule has 2 heterocycles. The number of nitrogens with one attached hydrogen (secondary N) is 1. The first-order valence-electron chi connectivity index (χ1n) is 7.40. The number of hydrogen-bond donors (Lipinski definition) is 1. The van der Waals surface area contributed by atoms with Gasteiger partial charge in [0.2, 0.25) is 0 Å². The molecule has 0 bridgehead atoms. The number of aromatic nitrogens is 4. The van der Waals surface area contributed by atoms with Crippen molar-refractivity contribution < 1.29 is 0 Å². The largest absolute Gasteiger partial charge is 0.370 e.